The molecule has 0 saturated carbocycles. The van der Waals surface area contributed by atoms with E-state index in [1.807, 2.05) is 9.80 Å². The molecular formula is C20H36N4O3. The molecule has 0 unspecified atom stereocenters. The van der Waals surface area contributed by atoms with Gasteiger partial charge in [0, 0.05) is 45.1 Å². The third-order valence-corrected chi connectivity index (χ3v) is 5.96. The highest BCUT2D eigenvalue weighted by Gasteiger charge is 2.47. The van der Waals surface area contributed by atoms with Gasteiger partial charge in [0.15, 0.2) is 0 Å². The summed E-state index contributed by atoms with van der Waals surface area (Å²) in [6, 6.07) is -0.388. The number of amides is 3. The minimum atomic E-state index is -0.388. The molecule has 3 amide bonds. The molecule has 7 nitrogen and oxygen atoms in total. The van der Waals surface area contributed by atoms with Crippen molar-refractivity contribution in [1.29, 1.82) is 0 Å². The minimum absolute atomic E-state index is 0.0670. The van der Waals surface area contributed by atoms with Crippen LogP contribution in [-0.2, 0) is 14.4 Å². The molecule has 2 heterocycles. The monoisotopic (exact) mass is 380 g/mol. The maximum atomic E-state index is 13.2. The van der Waals surface area contributed by atoms with Crippen molar-refractivity contribution in [1.82, 2.24) is 14.7 Å². The Hall–Kier alpha value is -1.63. The fraction of sp³-hybridized carbons (Fsp3) is 0.850. The molecule has 2 aliphatic rings. The normalized spacial score (nSPS) is 19.7. The van der Waals surface area contributed by atoms with Crippen LogP contribution in [0.5, 0.6) is 0 Å². The van der Waals surface area contributed by atoms with Gasteiger partial charge < -0.3 is 20.4 Å². The van der Waals surface area contributed by atoms with E-state index >= 15 is 0 Å². The summed E-state index contributed by atoms with van der Waals surface area (Å²) >= 11 is 0. The van der Waals surface area contributed by atoms with Crippen LogP contribution in [0.3, 0.4) is 0 Å². The maximum absolute atomic E-state index is 13.2. The summed E-state index contributed by atoms with van der Waals surface area (Å²) in [6.45, 7) is 9.98. The number of nitrogens with zero attached hydrogens (tertiary/aromatic N) is 3. The number of hydrogen-bond acceptors (Lipinski definition) is 4. The number of rotatable bonds is 9. The molecule has 0 aromatic heterocycles. The SMILES string of the molecule is CC(=O)N1CC2(CCN(C(=O)[C@@H](CCCCN)N(C=O)CC(C)C)CC2)C1. The van der Waals surface area contributed by atoms with E-state index < -0.39 is 0 Å². The first-order chi connectivity index (χ1) is 12.8. The van der Waals surface area contributed by atoms with E-state index in [9.17, 15) is 14.4 Å². The molecule has 1 atom stereocenters. The van der Waals surface area contributed by atoms with Gasteiger partial charge in [-0.3, -0.25) is 14.4 Å². The summed E-state index contributed by atoms with van der Waals surface area (Å²) in [5, 5.41) is 0. The Kier molecular flexibility index (Phi) is 7.65. The Morgan fingerprint density at radius 3 is 2.26 bits per heavy atom. The predicted octanol–water partition coefficient (Wildman–Crippen LogP) is 1.07. The van der Waals surface area contributed by atoms with Gasteiger partial charge in [0.05, 0.1) is 0 Å². The molecule has 0 radical (unpaired) electrons. The molecule has 154 valence electrons. The van der Waals surface area contributed by atoms with E-state index in [2.05, 4.69) is 13.8 Å². The van der Waals surface area contributed by atoms with Crippen molar-refractivity contribution < 1.29 is 14.4 Å². The summed E-state index contributed by atoms with van der Waals surface area (Å²) in [6.07, 6.45) is 5.07. The smallest absolute Gasteiger partial charge is 0.245 e. The molecule has 0 aromatic carbocycles. The van der Waals surface area contributed by atoms with Crippen LogP contribution in [0.4, 0.5) is 0 Å². The summed E-state index contributed by atoms with van der Waals surface area (Å²) in [4.78, 5) is 41.8. The van der Waals surface area contributed by atoms with E-state index in [-0.39, 0.29) is 23.3 Å². The highest BCUT2D eigenvalue weighted by Crippen LogP contribution is 2.40. The van der Waals surface area contributed by atoms with Gasteiger partial charge in [-0.1, -0.05) is 13.8 Å². The molecule has 0 aliphatic carbocycles. The molecule has 2 rings (SSSR count). The summed E-state index contributed by atoms with van der Waals surface area (Å²) in [5.74, 6) is 0.518. The second kappa shape index (κ2) is 9.53. The molecular weight excluding hydrogens is 344 g/mol. The van der Waals surface area contributed by atoms with Gasteiger partial charge in [-0.25, -0.2) is 0 Å². The molecule has 2 aliphatic heterocycles. The molecule has 7 heteroatoms. The maximum Gasteiger partial charge on any atom is 0.245 e. The molecule has 0 aromatic rings. The third-order valence-electron chi connectivity index (χ3n) is 5.96. The van der Waals surface area contributed by atoms with E-state index in [0.717, 1.165) is 45.2 Å². The van der Waals surface area contributed by atoms with Crippen LogP contribution in [0.2, 0.25) is 0 Å². The van der Waals surface area contributed by atoms with E-state index in [1.165, 1.54) is 0 Å². The standard InChI is InChI=1S/C20H36N4O3/c1-16(2)12-23(15-25)18(6-4-5-9-21)19(27)22-10-7-20(8-11-22)13-24(14-20)17(3)26/h15-16,18H,4-14,21H2,1-3H3/t18-/m1/s1. The fourth-order valence-electron chi connectivity index (χ4n) is 4.29. The van der Waals surface area contributed by atoms with Gasteiger partial charge in [-0.15, -0.1) is 0 Å². The summed E-state index contributed by atoms with van der Waals surface area (Å²) in [7, 11) is 0. The Balaban J connectivity index is 1.96. The number of piperidine rings is 1. The first-order valence-corrected chi connectivity index (χ1v) is 10.3. The van der Waals surface area contributed by atoms with Crippen molar-refractivity contribution in [3.05, 3.63) is 0 Å². The Labute approximate surface area is 163 Å². The average molecular weight is 381 g/mol. The van der Waals surface area contributed by atoms with Gasteiger partial charge in [-0.05, 0) is 44.6 Å². The Morgan fingerprint density at radius 1 is 1.15 bits per heavy atom. The molecule has 27 heavy (non-hydrogen) atoms. The van der Waals surface area contributed by atoms with Crippen molar-refractivity contribution in [3.8, 4) is 0 Å². The van der Waals surface area contributed by atoms with Crippen LogP contribution in [0, 0.1) is 11.3 Å². The highest BCUT2D eigenvalue weighted by atomic mass is 16.2. The van der Waals surface area contributed by atoms with Crippen molar-refractivity contribution >= 4 is 18.2 Å². The summed E-state index contributed by atoms with van der Waals surface area (Å²) in [5.41, 5.74) is 5.79. The lowest BCUT2D eigenvalue weighted by Gasteiger charge is -2.54. The lowest BCUT2D eigenvalue weighted by Crippen LogP contribution is -2.62. The van der Waals surface area contributed by atoms with Gasteiger partial charge in [0.1, 0.15) is 6.04 Å². The van der Waals surface area contributed by atoms with Crippen LogP contribution in [-0.4, -0.2) is 78.2 Å². The summed E-state index contributed by atoms with van der Waals surface area (Å²) < 4.78 is 0. The topological polar surface area (TPSA) is 86.9 Å². The zero-order valence-corrected chi connectivity index (χ0v) is 17.2. The van der Waals surface area contributed by atoms with E-state index in [4.69, 9.17) is 5.73 Å². The predicted molar refractivity (Wildman–Crippen MR) is 105 cm³/mol. The number of carbonyl (C=O) groups is 3. The number of likely N-dealkylation sites (tertiary alicyclic amines) is 2. The van der Waals surface area contributed by atoms with Crippen molar-refractivity contribution in [2.75, 3.05) is 39.3 Å². The second-order valence-electron chi connectivity index (χ2n) is 8.70. The minimum Gasteiger partial charge on any atom is -0.342 e. The van der Waals surface area contributed by atoms with Gasteiger partial charge in [0.2, 0.25) is 18.2 Å². The largest absolute Gasteiger partial charge is 0.342 e. The third kappa shape index (κ3) is 5.43. The number of unbranched alkanes of at least 4 members (excludes halogenated alkanes) is 1. The van der Waals surface area contributed by atoms with Crippen LogP contribution < -0.4 is 5.73 Å². The van der Waals surface area contributed by atoms with Crippen LogP contribution in [0.15, 0.2) is 0 Å². The Bertz CT molecular complexity index is 521. The molecule has 2 saturated heterocycles. The van der Waals surface area contributed by atoms with Crippen LogP contribution in [0.25, 0.3) is 0 Å². The zero-order chi connectivity index (χ0) is 20.0. The Morgan fingerprint density at radius 2 is 1.78 bits per heavy atom. The van der Waals surface area contributed by atoms with Gasteiger partial charge in [0.25, 0.3) is 0 Å². The second-order valence-corrected chi connectivity index (χ2v) is 8.70. The van der Waals surface area contributed by atoms with E-state index in [0.29, 0.717) is 38.5 Å². The highest BCUT2D eigenvalue weighted by molar-refractivity contribution is 5.84. The first-order valence-electron chi connectivity index (χ1n) is 10.3. The molecule has 0 bridgehead atoms. The molecule has 1 spiro atoms. The van der Waals surface area contributed by atoms with E-state index in [1.54, 1.807) is 11.8 Å². The van der Waals surface area contributed by atoms with Crippen molar-refractivity contribution in [2.45, 2.75) is 58.9 Å². The average Bonchev–Trinajstić information content (AvgIpc) is 2.61. The first kappa shape index (κ1) is 21.7. The quantitative estimate of drug-likeness (QED) is 0.479. The van der Waals surface area contributed by atoms with Gasteiger partial charge >= 0.3 is 0 Å². The van der Waals surface area contributed by atoms with Crippen LogP contribution >= 0.6 is 0 Å². The van der Waals surface area contributed by atoms with Crippen molar-refractivity contribution in [3.63, 3.8) is 0 Å². The molecule has 2 N–H and O–H groups in total. The lowest BCUT2D eigenvalue weighted by atomic mass is 9.72. The van der Waals surface area contributed by atoms with Gasteiger partial charge in [-0.2, -0.15) is 0 Å². The number of hydrogen-bond donors (Lipinski definition) is 1. The fourth-order valence-corrected chi connectivity index (χ4v) is 4.29. The lowest BCUT2D eigenvalue weighted by molar-refractivity contribution is -0.151. The van der Waals surface area contributed by atoms with Crippen LogP contribution in [0.1, 0.15) is 52.9 Å². The number of carbonyl (C=O) groups excluding carboxylic acids is 3. The zero-order valence-electron chi connectivity index (χ0n) is 17.2. The molecule has 2 fully saturated rings. The van der Waals surface area contributed by atoms with Crippen molar-refractivity contribution in [2.24, 2.45) is 17.1 Å². The number of nitrogens with two attached hydrogens (primary N) is 1.